The minimum absolute atomic E-state index is 0.0612. The number of carbonyl (C=O) groups is 3. The van der Waals surface area contributed by atoms with Gasteiger partial charge in [-0.15, -0.1) is 0 Å². The van der Waals surface area contributed by atoms with Crippen molar-refractivity contribution in [2.45, 2.75) is 18.7 Å². The van der Waals surface area contributed by atoms with Crippen molar-refractivity contribution in [1.82, 2.24) is 4.31 Å². The molecule has 3 aromatic carbocycles. The molecule has 0 spiro atoms. The van der Waals surface area contributed by atoms with Crippen LogP contribution in [0.1, 0.15) is 42.2 Å². The predicted octanol–water partition coefficient (Wildman–Crippen LogP) is 3.38. The summed E-state index contributed by atoms with van der Waals surface area (Å²) in [4.78, 5) is 40.5. The predicted molar refractivity (Wildman–Crippen MR) is 137 cm³/mol. The second kappa shape index (κ2) is 9.55. The van der Waals surface area contributed by atoms with Gasteiger partial charge < -0.3 is 10.1 Å². The molecular formula is C27H25N3O6S. The van der Waals surface area contributed by atoms with Crippen molar-refractivity contribution in [2.24, 2.45) is 0 Å². The second-order valence-corrected chi connectivity index (χ2v) is 10.9. The zero-order valence-corrected chi connectivity index (χ0v) is 21.2. The Morgan fingerprint density at radius 3 is 2.38 bits per heavy atom. The summed E-state index contributed by atoms with van der Waals surface area (Å²) in [6.45, 7) is 4.89. The quantitative estimate of drug-likeness (QED) is 0.517. The van der Waals surface area contributed by atoms with E-state index in [0.29, 0.717) is 24.6 Å². The first-order valence-electron chi connectivity index (χ1n) is 11.8. The van der Waals surface area contributed by atoms with E-state index in [9.17, 15) is 22.8 Å². The molecule has 0 aliphatic carbocycles. The maximum atomic E-state index is 13.2. The minimum atomic E-state index is -3.73. The SMILES string of the molecule is Cc1ccc(C)c(N2C(=O)c3ccc(C(=O)Nc4cccc(S(=O)(=O)N5CCOCC5)c4)cc3C2=O)c1. The zero-order valence-electron chi connectivity index (χ0n) is 20.4. The van der Waals surface area contributed by atoms with Crippen molar-refractivity contribution in [2.75, 3.05) is 36.5 Å². The summed E-state index contributed by atoms with van der Waals surface area (Å²) >= 11 is 0. The van der Waals surface area contributed by atoms with E-state index in [0.717, 1.165) is 16.0 Å². The largest absolute Gasteiger partial charge is 0.379 e. The smallest absolute Gasteiger partial charge is 0.266 e. The lowest BCUT2D eigenvalue weighted by atomic mass is 10.1. The van der Waals surface area contributed by atoms with E-state index in [1.54, 1.807) is 18.2 Å². The highest BCUT2D eigenvalue weighted by Gasteiger charge is 2.38. The molecule has 0 saturated carbocycles. The Morgan fingerprint density at radius 2 is 1.62 bits per heavy atom. The highest BCUT2D eigenvalue weighted by atomic mass is 32.2. The third kappa shape index (κ3) is 4.55. The van der Waals surface area contributed by atoms with Gasteiger partial charge in [0.25, 0.3) is 17.7 Å². The number of rotatable bonds is 5. The number of benzene rings is 3. The fourth-order valence-corrected chi connectivity index (χ4v) is 5.89. The maximum absolute atomic E-state index is 13.2. The number of amides is 3. The Kier molecular flexibility index (Phi) is 6.40. The van der Waals surface area contributed by atoms with E-state index in [-0.39, 0.29) is 34.7 Å². The first-order chi connectivity index (χ1) is 17.7. The van der Waals surface area contributed by atoms with Crippen LogP contribution in [0.5, 0.6) is 0 Å². The number of carbonyl (C=O) groups excluding carboxylic acids is 3. The van der Waals surface area contributed by atoms with E-state index in [2.05, 4.69) is 5.32 Å². The van der Waals surface area contributed by atoms with Crippen molar-refractivity contribution in [3.05, 3.63) is 88.5 Å². The van der Waals surface area contributed by atoms with Crippen LogP contribution in [0.2, 0.25) is 0 Å². The molecule has 1 N–H and O–H groups in total. The summed E-state index contributed by atoms with van der Waals surface area (Å²) in [5.41, 5.74) is 3.03. The number of aryl methyl sites for hydroxylation is 2. The van der Waals surface area contributed by atoms with Crippen LogP contribution >= 0.6 is 0 Å². The fraction of sp³-hybridized carbons (Fsp3) is 0.222. The number of hydrogen-bond acceptors (Lipinski definition) is 6. The highest BCUT2D eigenvalue weighted by Crippen LogP contribution is 2.32. The molecule has 37 heavy (non-hydrogen) atoms. The molecule has 0 radical (unpaired) electrons. The van der Waals surface area contributed by atoms with Crippen LogP contribution < -0.4 is 10.2 Å². The van der Waals surface area contributed by atoms with Crippen molar-refractivity contribution < 1.29 is 27.5 Å². The first kappa shape index (κ1) is 24.8. The third-order valence-electron chi connectivity index (χ3n) is 6.45. The number of hydrogen-bond donors (Lipinski definition) is 1. The van der Waals surface area contributed by atoms with Gasteiger partial charge in [-0.25, -0.2) is 13.3 Å². The van der Waals surface area contributed by atoms with Crippen molar-refractivity contribution in [3.63, 3.8) is 0 Å². The monoisotopic (exact) mass is 519 g/mol. The summed E-state index contributed by atoms with van der Waals surface area (Å²) in [6.07, 6.45) is 0. The van der Waals surface area contributed by atoms with E-state index in [1.807, 2.05) is 26.0 Å². The summed E-state index contributed by atoms with van der Waals surface area (Å²) in [6, 6.07) is 15.9. The van der Waals surface area contributed by atoms with Gasteiger partial charge in [0, 0.05) is 24.3 Å². The number of ether oxygens (including phenoxy) is 1. The molecule has 2 aliphatic rings. The number of anilines is 2. The molecule has 0 aromatic heterocycles. The molecule has 5 rings (SSSR count). The van der Waals surface area contributed by atoms with Gasteiger partial charge in [0.2, 0.25) is 10.0 Å². The molecule has 1 fully saturated rings. The number of nitrogens with zero attached hydrogens (tertiary/aromatic N) is 2. The van der Waals surface area contributed by atoms with Gasteiger partial charge in [-0.3, -0.25) is 14.4 Å². The molecule has 9 nitrogen and oxygen atoms in total. The molecule has 2 aliphatic heterocycles. The van der Waals surface area contributed by atoms with Gasteiger partial charge in [0.1, 0.15) is 0 Å². The van der Waals surface area contributed by atoms with Crippen LogP contribution in [0.4, 0.5) is 11.4 Å². The van der Waals surface area contributed by atoms with Crippen LogP contribution in [0.25, 0.3) is 0 Å². The fourth-order valence-electron chi connectivity index (χ4n) is 4.43. The highest BCUT2D eigenvalue weighted by molar-refractivity contribution is 7.89. The maximum Gasteiger partial charge on any atom is 0.266 e. The van der Waals surface area contributed by atoms with E-state index in [4.69, 9.17) is 4.74 Å². The summed E-state index contributed by atoms with van der Waals surface area (Å²) in [7, 11) is -3.73. The van der Waals surface area contributed by atoms with Gasteiger partial charge in [0.15, 0.2) is 0 Å². The lowest BCUT2D eigenvalue weighted by Crippen LogP contribution is -2.40. The first-order valence-corrected chi connectivity index (χ1v) is 13.2. The molecule has 10 heteroatoms. The van der Waals surface area contributed by atoms with Crippen LogP contribution in [0.3, 0.4) is 0 Å². The number of imide groups is 1. The standard InChI is InChI=1S/C27H25N3O6S/c1-17-6-7-18(2)24(14-17)30-26(32)22-9-8-19(15-23(22)27(30)33)25(31)28-20-4-3-5-21(16-20)37(34,35)29-10-12-36-13-11-29/h3-9,14-16H,10-13H2,1-2H3,(H,28,31). The van der Waals surface area contributed by atoms with Gasteiger partial charge >= 0.3 is 0 Å². The number of nitrogens with one attached hydrogen (secondary N) is 1. The topological polar surface area (TPSA) is 113 Å². The second-order valence-electron chi connectivity index (χ2n) is 8.99. The number of sulfonamides is 1. The van der Waals surface area contributed by atoms with Gasteiger partial charge in [0.05, 0.1) is 34.9 Å². The zero-order chi connectivity index (χ0) is 26.3. The molecule has 0 atom stereocenters. The third-order valence-corrected chi connectivity index (χ3v) is 8.35. The van der Waals surface area contributed by atoms with E-state index in [1.165, 1.54) is 34.6 Å². The lowest BCUT2D eigenvalue weighted by Gasteiger charge is -2.26. The minimum Gasteiger partial charge on any atom is -0.379 e. The molecule has 0 bridgehead atoms. The Bertz CT molecular complexity index is 1540. The average Bonchev–Trinajstić information content (AvgIpc) is 3.15. The van der Waals surface area contributed by atoms with Gasteiger partial charge in [-0.1, -0.05) is 18.2 Å². The normalized spacial score (nSPS) is 16.1. The molecule has 0 unspecified atom stereocenters. The van der Waals surface area contributed by atoms with Gasteiger partial charge in [-0.2, -0.15) is 4.31 Å². The van der Waals surface area contributed by atoms with Crippen molar-refractivity contribution >= 4 is 39.1 Å². The Hall–Kier alpha value is -3.86. The Morgan fingerprint density at radius 1 is 0.892 bits per heavy atom. The summed E-state index contributed by atoms with van der Waals surface area (Å²) in [5, 5.41) is 2.69. The molecular weight excluding hydrogens is 494 g/mol. The molecule has 3 aromatic rings. The number of morpholine rings is 1. The van der Waals surface area contributed by atoms with E-state index < -0.39 is 27.7 Å². The van der Waals surface area contributed by atoms with Crippen molar-refractivity contribution in [1.29, 1.82) is 0 Å². The average molecular weight is 520 g/mol. The number of fused-ring (bicyclic) bond motifs is 1. The Labute approximate surface area is 214 Å². The molecule has 2 heterocycles. The van der Waals surface area contributed by atoms with Crippen LogP contribution in [0.15, 0.2) is 65.6 Å². The molecule has 3 amide bonds. The van der Waals surface area contributed by atoms with Crippen LogP contribution in [-0.4, -0.2) is 56.7 Å². The van der Waals surface area contributed by atoms with Crippen LogP contribution in [-0.2, 0) is 14.8 Å². The summed E-state index contributed by atoms with van der Waals surface area (Å²) in [5.74, 6) is -1.47. The lowest BCUT2D eigenvalue weighted by molar-refractivity contribution is 0.0730. The van der Waals surface area contributed by atoms with E-state index >= 15 is 0 Å². The summed E-state index contributed by atoms with van der Waals surface area (Å²) < 4.78 is 32.5. The van der Waals surface area contributed by atoms with Crippen LogP contribution in [0, 0.1) is 13.8 Å². The molecule has 190 valence electrons. The Balaban J connectivity index is 1.38. The van der Waals surface area contributed by atoms with Crippen molar-refractivity contribution in [3.8, 4) is 0 Å². The molecule has 1 saturated heterocycles. The van der Waals surface area contributed by atoms with Gasteiger partial charge in [-0.05, 0) is 67.4 Å².